The van der Waals surface area contributed by atoms with Gasteiger partial charge in [0.2, 0.25) is 0 Å². The number of rotatable bonds is 3. The summed E-state index contributed by atoms with van der Waals surface area (Å²) in [7, 11) is 1.69. The van der Waals surface area contributed by atoms with Crippen LogP contribution in [0.15, 0.2) is 42.5 Å². The Kier molecular flexibility index (Phi) is 5.04. The summed E-state index contributed by atoms with van der Waals surface area (Å²) in [6.45, 7) is 1.74. The first kappa shape index (κ1) is 17.8. The van der Waals surface area contributed by atoms with Crippen molar-refractivity contribution in [2.75, 3.05) is 5.32 Å². The summed E-state index contributed by atoms with van der Waals surface area (Å²) in [6.07, 6.45) is 0. The van der Waals surface area contributed by atoms with Crippen molar-refractivity contribution in [2.24, 2.45) is 7.05 Å². The third-order valence-corrected chi connectivity index (χ3v) is 4.96. The normalized spacial score (nSPS) is 10.8. The molecule has 0 saturated heterocycles. The highest BCUT2D eigenvalue weighted by Crippen LogP contribution is 2.33. The topological polar surface area (TPSA) is 46.9 Å². The zero-order valence-corrected chi connectivity index (χ0v) is 15.7. The lowest BCUT2D eigenvalue weighted by molar-refractivity contribution is 0.102. The maximum absolute atomic E-state index is 12.7. The van der Waals surface area contributed by atoms with Crippen LogP contribution in [-0.4, -0.2) is 15.7 Å². The zero-order valence-electron chi connectivity index (χ0n) is 13.5. The molecule has 1 heterocycles. The molecule has 4 nitrogen and oxygen atoms in total. The van der Waals surface area contributed by atoms with E-state index < -0.39 is 0 Å². The molecule has 7 heteroatoms. The van der Waals surface area contributed by atoms with E-state index in [1.807, 2.05) is 30.3 Å². The number of amides is 1. The average molecular weight is 395 g/mol. The number of aromatic nitrogens is 2. The second-order valence-corrected chi connectivity index (χ2v) is 6.68. The van der Waals surface area contributed by atoms with Gasteiger partial charge in [-0.2, -0.15) is 5.10 Å². The van der Waals surface area contributed by atoms with Gasteiger partial charge in [-0.1, -0.05) is 59.1 Å². The molecule has 0 saturated carbocycles. The van der Waals surface area contributed by atoms with E-state index >= 15 is 0 Å². The third-order valence-electron chi connectivity index (χ3n) is 3.79. The number of halogens is 3. The predicted octanol–water partition coefficient (Wildman–Crippen LogP) is 5.61. The van der Waals surface area contributed by atoms with Crippen LogP contribution in [0.1, 0.15) is 16.1 Å². The van der Waals surface area contributed by atoms with Crippen molar-refractivity contribution in [3.05, 3.63) is 68.9 Å². The van der Waals surface area contributed by atoms with E-state index in [1.54, 1.807) is 26.1 Å². The lowest BCUT2D eigenvalue weighted by Crippen LogP contribution is -2.13. The highest BCUT2D eigenvalue weighted by Gasteiger charge is 2.20. The Morgan fingerprint density at radius 3 is 2.44 bits per heavy atom. The minimum Gasteiger partial charge on any atom is -0.321 e. The number of nitrogens with zero attached hydrogens (tertiary/aromatic N) is 2. The molecule has 0 fully saturated rings. The van der Waals surface area contributed by atoms with Crippen molar-refractivity contribution in [1.82, 2.24) is 9.78 Å². The molecule has 0 aliphatic heterocycles. The molecule has 0 atom stereocenters. The molecule has 1 aromatic heterocycles. The van der Waals surface area contributed by atoms with E-state index in [1.165, 1.54) is 4.68 Å². The van der Waals surface area contributed by atoms with Crippen molar-refractivity contribution >= 4 is 46.4 Å². The second-order valence-electron chi connectivity index (χ2n) is 5.50. The number of para-hydroxylation sites is 1. The summed E-state index contributed by atoms with van der Waals surface area (Å²) >= 11 is 18.3. The van der Waals surface area contributed by atoms with Crippen LogP contribution in [0.3, 0.4) is 0 Å². The van der Waals surface area contributed by atoms with Crippen molar-refractivity contribution < 1.29 is 4.79 Å². The van der Waals surface area contributed by atoms with Crippen molar-refractivity contribution in [3.63, 3.8) is 0 Å². The minimum absolute atomic E-state index is 0.294. The number of carbonyl (C=O) groups is 1. The Balaban J connectivity index is 1.99. The first-order valence-corrected chi connectivity index (χ1v) is 8.56. The Hall–Kier alpha value is -2.01. The van der Waals surface area contributed by atoms with Crippen LogP contribution in [-0.2, 0) is 7.05 Å². The van der Waals surface area contributed by atoms with Crippen LogP contribution in [0.5, 0.6) is 0 Å². The van der Waals surface area contributed by atoms with E-state index in [-0.39, 0.29) is 5.91 Å². The van der Waals surface area contributed by atoms with E-state index in [0.29, 0.717) is 32.1 Å². The van der Waals surface area contributed by atoms with Crippen LogP contribution >= 0.6 is 34.8 Å². The molecule has 3 rings (SSSR count). The number of hydrogen-bond donors (Lipinski definition) is 1. The van der Waals surface area contributed by atoms with Gasteiger partial charge in [-0.05, 0) is 30.7 Å². The van der Waals surface area contributed by atoms with Gasteiger partial charge in [0.15, 0.2) is 0 Å². The first-order valence-electron chi connectivity index (χ1n) is 7.43. The maximum Gasteiger partial charge on any atom is 0.260 e. The molecule has 3 aromatic rings. The lowest BCUT2D eigenvalue weighted by Gasteiger charge is -2.12. The smallest absolute Gasteiger partial charge is 0.260 e. The van der Waals surface area contributed by atoms with Gasteiger partial charge in [-0.25, -0.2) is 0 Å². The standard InChI is InChI=1S/C18H14Cl3N3O/c1-10-16(17(21)24(2)23-10)18(25)22-15-6-4-3-5-12(15)11-7-8-13(19)14(20)9-11/h3-9H,1-2H3,(H,22,25). The second kappa shape index (κ2) is 7.08. The van der Waals surface area contributed by atoms with Crippen LogP contribution in [0.2, 0.25) is 15.2 Å². The lowest BCUT2D eigenvalue weighted by atomic mass is 10.0. The van der Waals surface area contributed by atoms with Crippen LogP contribution in [0.25, 0.3) is 11.1 Å². The Labute approximate surface area is 160 Å². The third kappa shape index (κ3) is 3.52. The molecular formula is C18H14Cl3N3O. The molecule has 0 unspecified atom stereocenters. The summed E-state index contributed by atoms with van der Waals surface area (Å²) in [6, 6.07) is 12.8. The van der Waals surface area contributed by atoms with Crippen LogP contribution < -0.4 is 5.32 Å². The zero-order chi connectivity index (χ0) is 18.1. The van der Waals surface area contributed by atoms with E-state index in [4.69, 9.17) is 34.8 Å². The largest absolute Gasteiger partial charge is 0.321 e. The molecule has 1 N–H and O–H groups in total. The van der Waals surface area contributed by atoms with Gasteiger partial charge >= 0.3 is 0 Å². The molecule has 0 aliphatic rings. The van der Waals surface area contributed by atoms with E-state index in [2.05, 4.69) is 10.4 Å². The minimum atomic E-state index is -0.317. The Bertz CT molecular complexity index is 966. The fourth-order valence-electron chi connectivity index (χ4n) is 2.58. The number of aryl methyl sites for hydroxylation is 2. The predicted molar refractivity (Wildman–Crippen MR) is 103 cm³/mol. The number of carbonyl (C=O) groups excluding carboxylic acids is 1. The van der Waals surface area contributed by atoms with Gasteiger partial charge in [0.05, 0.1) is 21.3 Å². The average Bonchev–Trinajstić information content (AvgIpc) is 2.83. The van der Waals surface area contributed by atoms with Gasteiger partial charge in [-0.15, -0.1) is 0 Å². The molecule has 0 spiro atoms. The van der Waals surface area contributed by atoms with Gasteiger partial charge in [-0.3, -0.25) is 9.48 Å². The molecule has 25 heavy (non-hydrogen) atoms. The van der Waals surface area contributed by atoms with Gasteiger partial charge in [0.1, 0.15) is 5.15 Å². The molecule has 128 valence electrons. The number of nitrogens with one attached hydrogen (secondary N) is 1. The number of benzene rings is 2. The molecule has 0 radical (unpaired) electrons. The van der Waals surface area contributed by atoms with Gasteiger partial charge in [0.25, 0.3) is 5.91 Å². The van der Waals surface area contributed by atoms with Gasteiger partial charge in [0, 0.05) is 18.3 Å². The monoisotopic (exact) mass is 393 g/mol. The number of hydrogen-bond acceptors (Lipinski definition) is 2. The van der Waals surface area contributed by atoms with E-state index in [9.17, 15) is 4.79 Å². The van der Waals surface area contributed by atoms with Crippen molar-refractivity contribution in [1.29, 1.82) is 0 Å². The van der Waals surface area contributed by atoms with Gasteiger partial charge < -0.3 is 5.32 Å². The molecular weight excluding hydrogens is 381 g/mol. The summed E-state index contributed by atoms with van der Waals surface area (Å²) in [5.41, 5.74) is 3.24. The maximum atomic E-state index is 12.7. The summed E-state index contributed by atoms with van der Waals surface area (Å²) in [5, 5.41) is 8.29. The fourth-order valence-corrected chi connectivity index (χ4v) is 3.14. The summed E-state index contributed by atoms with van der Waals surface area (Å²) < 4.78 is 1.47. The summed E-state index contributed by atoms with van der Waals surface area (Å²) in [5.74, 6) is -0.317. The van der Waals surface area contributed by atoms with Crippen LogP contribution in [0, 0.1) is 6.92 Å². The van der Waals surface area contributed by atoms with E-state index in [0.717, 1.165) is 11.1 Å². The molecule has 0 aliphatic carbocycles. The van der Waals surface area contributed by atoms with Crippen LogP contribution in [0.4, 0.5) is 5.69 Å². The van der Waals surface area contributed by atoms with Crippen molar-refractivity contribution in [2.45, 2.75) is 6.92 Å². The molecule has 1 amide bonds. The van der Waals surface area contributed by atoms with Crippen molar-refractivity contribution in [3.8, 4) is 11.1 Å². The highest BCUT2D eigenvalue weighted by molar-refractivity contribution is 6.42. The Morgan fingerprint density at radius 2 is 1.80 bits per heavy atom. The molecule has 2 aromatic carbocycles. The Morgan fingerprint density at radius 1 is 1.08 bits per heavy atom. The molecule has 0 bridgehead atoms. The highest BCUT2D eigenvalue weighted by atomic mass is 35.5. The number of anilines is 1. The first-order chi connectivity index (χ1) is 11.9. The summed E-state index contributed by atoms with van der Waals surface area (Å²) in [4.78, 5) is 12.7. The quantitative estimate of drug-likeness (QED) is 0.628. The SMILES string of the molecule is Cc1nn(C)c(Cl)c1C(=O)Nc1ccccc1-c1ccc(Cl)c(Cl)c1. The fraction of sp³-hybridized carbons (Fsp3) is 0.111.